The van der Waals surface area contributed by atoms with Gasteiger partial charge in [0.1, 0.15) is 30.5 Å². The van der Waals surface area contributed by atoms with Crippen molar-refractivity contribution >= 4 is 29.1 Å². The van der Waals surface area contributed by atoms with E-state index >= 15 is 0 Å². The Labute approximate surface area is 281 Å². The van der Waals surface area contributed by atoms with Crippen molar-refractivity contribution in [1.29, 1.82) is 0 Å². The zero-order valence-electron chi connectivity index (χ0n) is 26.1. The third-order valence-electron chi connectivity index (χ3n) is 8.19. The predicted octanol–water partition coefficient (Wildman–Crippen LogP) is -2.43. The fourth-order valence-corrected chi connectivity index (χ4v) is 5.76. The lowest BCUT2D eigenvalue weighted by molar-refractivity contribution is -0.241. The van der Waals surface area contributed by atoms with Gasteiger partial charge in [-0.3, -0.25) is 28.7 Å². The van der Waals surface area contributed by atoms with Gasteiger partial charge in [-0.2, -0.15) is 0 Å². The Bertz CT molecular complexity index is 1960. The van der Waals surface area contributed by atoms with Crippen LogP contribution in [0.5, 0.6) is 0 Å². The summed E-state index contributed by atoms with van der Waals surface area (Å²) >= 11 is 0. The number of aliphatic imine (C=N–C) groups is 1. The molecular weight excluding hydrogens is 660 g/mol. The van der Waals surface area contributed by atoms with Crippen LogP contribution in [0.15, 0.2) is 93.3 Å². The van der Waals surface area contributed by atoms with Crippen molar-refractivity contribution in [3.05, 3.63) is 111 Å². The number of anilines is 1. The van der Waals surface area contributed by atoms with E-state index in [1.54, 1.807) is 48.5 Å². The van der Waals surface area contributed by atoms with Crippen LogP contribution in [-0.4, -0.2) is 104 Å². The molecule has 0 bridgehead atoms. The number of aromatic amines is 1. The number of benzodiazepines with no additional fused rings is 1. The Morgan fingerprint density at radius 3 is 2.44 bits per heavy atom. The summed E-state index contributed by atoms with van der Waals surface area (Å²) in [4.78, 5) is 69.9. The molecule has 9 atom stereocenters. The quantitative estimate of drug-likeness (QED) is 0.124. The number of rotatable bonds is 9. The number of carbonyl (C=O) groups is 3. The second-order valence-corrected chi connectivity index (χ2v) is 11.4. The van der Waals surface area contributed by atoms with Gasteiger partial charge in [-0.15, -0.1) is 0 Å². The molecule has 0 saturated carbocycles. The number of methoxy groups -OCH3 is 1. The number of primary amides is 1. The molecule has 6 rings (SSSR count). The molecule has 4 heterocycles. The Balaban J connectivity index is 1.22. The molecule has 8 N–H and O–H groups in total. The number of hydrogen-bond acceptors (Lipinski definition) is 13. The highest BCUT2D eigenvalue weighted by Crippen LogP contribution is 2.34. The lowest BCUT2D eigenvalue weighted by atomic mass is 10.0. The Morgan fingerprint density at radius 1 is 1.02 bits per heavy atom. The number of carbonyl (C=O) groups excluding carboxylic acids is 3. The number of amides is 3. The van der Waals surface area contributed by atoms with Crippen LogP contribution in [0.1, 0.15) is 17.4 Å². The maximum Gasteiger partial charge on any atom is 0.330 e. The number of aliphatic hydroxyl groups is 3. The third kappa shape index (κ3) is 6.70. The standard InChI is InChI=1S/C32H32N6O12/c1-47-23-22(42)30(38-12-11-19(40)35-32(38)46)49-24(23)25(26(33)43)50-31-21(41)17(39)13-18(48-31)28(44)37-27-29(45)34-16-10-6-5-9-15(16)20(36-27)14-7-3-2-4-8-14/h2-13,17,21-25,27,30-31,39,41-42H,1H3,(H2,33,43)(H,34,45)(H,37,44)(H,35,40,46)/t17-,21-,22+,23-,24-,25+,27+,30+,31+/m0/s1. The van der Waals surface area contributed by atoms with E-state index in [1.807, 2.05) is 11.1 Å². The first kappa shape index (κ1) is 34.4. The molecule has 2 aromatic carbocycles. The van der Waals surface area contributed by atoms with Gasteiger partial charge >= 0.3 is 5.69 Å². The number of aromatic nitrogens is 2. The lowest BCUT2D eigenvalue weighted by Crippen LogP contribution is -2.54. The van der Waals surface area contributed by atoms with Crippen molar-refractivity contribution in [3.8, 4) is 0 Å². The second-order valence-electron chi connectivity index (χ2n) is 11.4. The van der Waals surface area contributed by atoms with Crippen LogP contribution in [0.3, 0.4) is 0 Å². The Hall–Kier alpha value is -5.50. The molecule has 1 aromatic heterocycles. The molecule has 50 heavy (non-hydrogen) atoms. The predicted molar refractivity (Wildman–Crippen MR) is 170 cm³/mol. The molecule has 18 heteroatoms. The summed E-state index contributed by atoms with van der Waals surface area (Å²) in [6.07, 6.45) is -13.0. The summed E-state index contributed by atoms with van der Waals surface area (Å²) < 4.78 is 23.2. The first-order chi connectivity index (χ1) is 24.0. The van der Waals surface area contributed by atoms with Gasteiger partial charge in [-0.1, -0.05) is 48.5 Å². The van der Waals surface area contributed by atoms with Gasteiger partial charge in [-0.25, -0.2) is 9.79 Å². The van der Waals surface area contributed by atoms with Gasteiger partial charge in [0.15, 0.2) is 18.1 Å². The molecule has 0 radical (unpaired) electrons. The van der Waals surface area contributed by atoms with Crippen LogP contribution < -0.4 is 27.6 Å². The number of nitrogens with two attached hydrogens (primary N) is 1. The van der Waals surface area contributed by atoms with Gasteiger partial charge in [0.05, 0.1) is 11.4 Å². The van der Waals surface area contributed by atoms with Crippen LogP contribution in [0.25, 0.3) is 0 Å². The van der Waals surface area contributed by atoms with Crippen LogP contribution in [0.2, 0.25) is 0 Å². The monoisotopic (exact) mass is 692 g/mol. The van der Waals surface area contributed by atoms with Crippen molar-refractivity contribution in [2.24, 2.45) is 10.7 Å². The highest BCUT2D eigenvalue weighted by atomic mass is 16.7. The SMILES string of the molecule is CO[C@H]1[C@@H](O)[C@H](n2ccc(=O)[nH]c2=O)O[C@@H]1[C@@H](O[C@H]1OC(C(=O)N[C@H]2N=C(c3ccccc3)c3ccccc3NC2=O)=C[C@H](O)[C@@H]1O)C(N)=O. The number of fused-ring (bicyclic) bond motifs is 1. The Morgan fingerprint density at radius 2 is 1.74 bits per heavy atom. The highest BCUT2D eigenvalue weighted by Gasteiger charge is 2.52. The van der Waals surface area contributed by atoms with E-state index in [0.717, 1.165) is 22.9 Å². The maximum absolute atomic E-state index is 13.5. The van der Waals surface area contributed by atoms with Gasteiger partial charge in [0.25, 0.3) is 17.4 Å². The van der Waals surface area contributed by atoms with E-state index < -0.39 is 90.0 Å². The van der Waals surface area contributed by atoms with Crippen LogP contribution in [-0.2, 0) is 33.3 Å². The molecule has 1 saturated heterocycles. The van der Waals surface area contributed by atoms with Gasteiger partial charge in [0.2, 0.25) is 18.4 Å². The molecular formula is C32H32N6O12. The minimum atomic E-state index is -1.93. The first-order valence-corrected chi connectivity index (χ1v) is 15.2. The molecule has 3 amide bonds. The molecule has 3 aliphatic rings. The minimum Gasteiger partial charge on any atom is -0.456 e. The first-order valence-electron chi connectivity index (χ1n) is 15.2. The largest absolute Gasteiger partial charge is 0.456 e. The van der Waals surface area contributed by atoms with Crippen LogP contribution in [0, 0.1) is 0 Å². The number of hydrogen-bond donors (Lipinski definition) is 7. The molecule has 3 aliphatic heterocycles. The molecule has 1 fully saturated rings. The molecule has 262 valence electrons. The zero-order valence-corrected chi connectivity index (χ0v) is 26.1. The van der Waals surface area contributed by atoms with Crippen molar-refractivity contribution in [1.82, 2.24) is 14.9 Å². The fraction of sp³-hybridized carbons (Fsp3) is 0.312. The average molecular weight is 693 g/mol. The van der Waals surface area contributed by atoms with Gasteiger partial charge in [0, 0.05) is 30.5 Å². The number of aliphatic hydroxyl groups excluding tert-OH is 3. The number of ether oxygens (including phenoxy) is 4. The third-order valence-corrected chi connectivity index (χ3v) is 8.19. The van der Waals surface area contributed by atoms with Crippen LogP contribution >= 0.6 is 0 Å². The molecule has 18 nitrogen and oxygen atoms in total. The van der Waals surface area contributed by atoms with Crippen molar-refractivity contribution in [3.63, 3.8) is 0 Å². The van der Waals surface area contributed by atoms with Gasteiger partial charge < -0.3 is 50.6 Å². The topological polar surface area (TPSA) is 266 Å². The van der Waals surface area contributed by atoms with E-state index in [2.05, 4.69) is 15.6 Å². The number of benzene rings is 2. The lowest BCUT2D eigenvalue weighted by Gasteiger charge is -2.35. The molecule has 0 unspecified atom stereocenters. The zero-order chi connectivity index (χ0) is 35.7. The van der Waals surface area contributed by atoms with Gasteiger partial charge in [-0.05, 0) is 12.1 Å². The summed E-state index contributed by atoms with van der Waals surface area (Å²) in [5.41, 5.74) is 6.08. The van der Waals surface area contributed by atoms with Crippen molar-refractivity contribution in [2.45, 2.75) is 55.3 Å². The summed E-state index contributed by atoms with van der Waals surface area (Å²) in [5.74, 6) is -3.52. The summed E-state index contributed by atoms with van der Waals surface area (Å²) in [5, 5.41) is 37.5. The van der Waals surface area contributed by atoms with Crippen LogP contribution in [0.4, 0.5) is 5.69 Å². The molecule has 0 spiro atoms. The number of nitrogens with zero attached hydrogens (tertiary/aromatic N) is 2. The second kappa shape index (κ2) is 14.2. The molecule has 0 aliphatic carbocycles. The maximum atomic E-state index is 13.5. The van der Waals surface area contributed by atoms with Crippen molar-refractivity contribution < 1.29 is 48.7 Å². The van der Waals surface area contributed by atoms with Crippen molar-refractivity contribution in [2.75, 3.05) is 12.4 Å². The fourth-order valence-electron chi connectivity index (χ4n) is 5.76. The summed E-state index contributed by atoms with van der Waals surface area (Å²) in [7, 11) is 1.18. The molecule has 3 aromatic rings. The normalized spacial score (nSPS) is 28.2. The summed E-state index contributed by atoms with van der Waals surface area (Å²) in [6.45, 7) is 0. The minimum absolute atomic E-state index is 0.401. The highest BCUT2D eigenvalue weighted by molar-refractivity contribution is 6.20. The number of nitrogens with one attached hydrogen (secondary N) is 3. The van der Waals surface area contributed by atoms with E-state index in [1.165, 1.54) is 7.11 Å². The van der Waals surface area contributed by atoms with E-state index in [-0.39, 0.29) is 0 Å². The Kier molecular flexibility index (Phi) is 9.73. The average Bonchev–Trinajstić information content (AvgIpc) is 3.34. The van der Waals surface area contributed by atoms with E-state index in [0.29, 0.717) is 22.5 Å². The number of H-pyrrole nitrogens is 1. The van der Waals surface area contributed by atoms with E-state index in [9.17, 15) is 39.3 Å². The number of para-hydroxylation sites is 1. The smallest absolute Gasteiger partial charge is 0.330 e. The summed E-state index contributed by atoms with van der Waals surface area (Å²) in [6, 6.07) is 16.9. The van der Waals surface area contributed by atoms with E-state index in [4.69, 9.17) is 24.7 Å².